The van der Waals surface area contributed by atoms with Gasteiger partial charge in [0.1, 0.15) is 0 Å². The molecule has 0 nitrogen and oxygen atoms in total. The van der Waals surface area contributed by atoms with E-state index in [1.54, 1.807) is 11.8 Å². The lowest BCUT2D eigenvalue weighted by atomic mass is 10.1. The monoisotopic (exact) mass is 200 g/mol. The topological polar surface area (TPSA) is 0 Å². The van der Waals surface area contributed by atoms with Gasteiger partial charge in [0.05, 0.1) is 0 Å². The molecule has 1 heteroatoms. The van der Waals surface area contributed by atoms with E-state index >= 15 is 0 Å². The molecule has 0 aliphatic heterocycles. The average Bonchev–Trinajstić information content (AvgIpc) is 2.26. The van der Waals surface area contributed by atoms with Crippen LogP contribution in [0.4, 0.5) is 0 Å². The third-order valence-corrected chi connectivity index (χ3v) is 3.10. The van der Waals surface area contributed by atoms with E-state index in [1.807, 2.05) is 6.92 Å². The van der Waals surface area contributed by atoms with Gasteiger partial charge in [-0.25, -0.2) is 0 Å². The fourth-order valence-corrected chi connectivity index (χ4v) is 2.19. The fraction of sp³-hybridized carbons (Fsp3) is 0.0769. The van der Waals surface area contributed by atoms with Gasteiger partial charge < -0.3 is 0 Å². The molecule has 0 amide bonds. The van der Waals surface area contributed by atoms with Gasteiger partial charge in [0.25, 0.3) is 0 Å². The molecule has 2 aromatic rings. The molecule has 14 heavy (non-hydrogen) atoms. The Morgan fingerprint density at radius 3 is 2.64 bits per heavy atom. The first-order valence-corrected chi connectivity index (χ1v) is 5.55. The molecule has 0 N–H and O–H groups in total. The minimum absolute atomic E-state index is 1.31. The highest BCUT2D eigenvalue weighted by Gasteiger charge is 1.97. The first kappa shape index (κ1) is 9.35. The van der Waals surface area contributed by atoms with Gasteiger partial charge in [0, 0.05) is 4.90 Å². The van der Waals surface area contributed by atoms with E-state index in [1.165, 1.54) is 15.7 Å². The summed E-state index contributed by atoms with van der Waals surface area (Å²) >= 11 is 1.77. The Morgan fingerprint density at radius 1 is 1.00 bits per heavy atom. The maximum atomic E-state index is 2.17. The number of fused-ring (bicyclic) bond motifs is 1. The van der Waals surface area contributed by atoms with Crippen LogP contribution in [0, 0.1) is 0 Å². The molecule has 0 spiro atoms. The van der Waals surface area contributed by atoms with E-state index in [9.17, 15) is 0 Å². The van der Waals surface area contributed by atoms with Crippen molar-refractivity contribution in [1.82, 2.24) is 0 Å². The summed E-state index contributed by atoms with van der Waals surface area (Å²) in [6.07, 6.45) is 2.06. The van der Waals surface area contributed by atoms with Gasteiger partial charge in [-0.1, -0.05) is 54.2 Å². The van der Waals surface area contributed by atoms with Crippen LogP contribution in [0.15, 0.2) is 58.8 Å². The summed E-state index contributed by atoms with van der Waals surface area (Å²) in [7, 11) is 0. The maximum Gasteiger partial charge on any atom is 0.0194 e. The van der Waals surface area contributed by atoms with Crippen LogP contribution in [0.2, 0.25) is 0 Å². The average molecular weight is 200 g/mol. The summed E-state index contributed by atoms with van der Waals surface area (Å²) in [5.41, 5.74) is 0. The molecule has 0 aliphatic carbocycles. The van der Waals surface area contributed by atoms with Crippen molar-refractivity contribution in [3.05, 3.63) is 53.9 Å². The summed E-state index contributed by atoms with van der Waals surface area (Å²) in [5.74, 6) is 0. The summed E-state index contributed by atoms with van der Waals surface area (Å²) < 4.78 is 0. The number of hydrogen-bond donors (Lipinski definition) is 0. The van der Waals surface area contributed by atoms with Gasteiger partial charge in [-0.05, 0) is 29.2 Å². The number of thioether (sulfide) groups is 1. The third kappa shape index (κ3) is 1.83. The Balaban J connectivity index is 2.53. The number of benzene rings is 2. The standard InChI is InChI=1S/C13H12S/c1-2-10-14-13-9-5-7-11-6-3-4-8-12(11)13/h2-10H,1H3/b10-2+. The van der Waals surface area contributed by atoms with Crippen LogP contribution in [-0.4, -0.2) is 0 Å². The minimum Gasteiger partial charge on any atom is -0.0978 e. The van der Waals surface area contributed by atoms with Crippen LogP contribution in [-0.2, 0) is 0 Å². The number of allylic oxidation sites excluding steroid dienone is 1. The molecule has 0 aliphatic rings. The molecule has 0 aromatic heterocycles. The highest BCUT2D eigenvalue weighted by atomic mass is 32.2. The van der Waals surface area contributed by atoms with E-state index in [-0.39, 0.29) is 0 Å². The van der Waals surface area contributed by atoms with Crippen molar-refractivity contribution in [2.24, 2.45) is 0 Å². The van der Waals surface area contributed by atoms with Gasteiger partial charge >= 0.3 is 0 Å². The highest BCUT2D eigenvalue weighted by Crippen LogP contribution is 2.28. The van der Waals surface area contributed by atoms with Crippen molar-refractivity contribution < 1.29 is 0 Å². The van der Waals surface area contributed by atoms with Crippen molar-refractivity contribution in [1.29, 1.82) is 0 Å². The van der Waals surface area contributed by atoms with Crippen LogP contribution in [0.5, 0.6) is 0 Å². The van der Waals surface area contributed by atoms with Gasteiger partial charge in [-0.2, -0.15) is 0 Å². The van der Waals surface area contributed by atoms with Gasteiger partial charge in [-0.15, -0.1) is 0 Å². The smallest absolute Gasteiger partial charge is 0.0194 e. The Kier molecular flexibility index (Phi) is 2.90. The van der Waals surface area contributed by atoms with Crippen LogP contribution in [0.1, 0.15) is 6.92 Å². The fourth-order valence-electron chi connectivity index (χ4n) is 1.44. The molecule has 0 heterocycles. The molecule has 2 aromatic carbocycles. The Hall–Kier alpha value is -1.21. The van der Waals surface area contributed by atoms with Crippen molar-refractivity contribution >= 4 is 22.5 Å². The van der Waals surface area contributed by atoms with Gasteiger partial charge in [0.2, 0.25) is 0 Å². The Bertz CT molecular complexity index is 452. The SMILES string of the molecule is C/C=C/Sc1cccc2ccccc12. The minimum atomic E-state index is 1.31. The van der Waals surface area contributed by atoms with E-state index in [0.29, 0.717) is 0 Å². The van der Waals surface area contributed by atoms with Crippen molar-refractivity contribution in [2.45, 2.75) is 11.8 Å². The molecular weight excluding hydrogens is 188 g/mol. The molecular formula is C13H12S. The lowest BCUT2D eigenvalue weighted by Gasteiger charge is -2.02. The van der Waals surface area contributed by atoms with Crippen LogP contribution in [0.3, 0.4) is 0 Å². The van der Waals surface area contributed by atoms with Gasteiger partial charge in [-0.3, -0.25) is 0 Å². The summed E-state index contributed by atoms with van der Waals surface area (Å²) in [5, 5.41) is 4.75. The normalized spacial score (nSPS) is 11.2. The molecule has 0 atom stereocenters. The zero-order valence-electron chi connectivity index (χ0n) is 8.10. The summed E-state index contributed by atoms with van der Waals surface area (Å²) in [4.78, 5) is 1.32. The lowest BCUT2D eigenvalue weighted by Crippen LogP contribution is -1.74. The quantitative estimate of drug-likeness (QED) is 0.645. The van der Waals surface area contributed by atoms with Crippen LogP contribution < -0.4 is 0 Å². The Morgan fingerprint density at radius 2 is 1.79 bits per heavy atom. The lowest BCUT2D eigenvalue weighted by molar-refractivity contribution is 1.55. The maximum absolute atomic E-state index is 2.17. The molecule has 0 radical (unpaired) electrons. The second-order valence-electron chi connectivity index (χ2n) is 3.06. The predicted molar refractivity (Wildman–Crippen MR) is 64.6 cm³/mol. The molecule has 0 saturated carbocycles. The second kappa shape index (κ2) is 4.34. The van der Waals surface area contributed by atoms with E-state index < -0.39 is 0 Å². The number of rotatable bonds is 2. The first-order valence-electron chi connectivity index (χ1n) is 4.67. The molecule has 0 unspecified atom stereocenters. The molecule has 0 fully saturated rings. The zero-order chi connectivity index (χ0) is 9.80. The first-order chi connectivity index (χ1) is 6.92. The summed E-state index contributed by atoms with van der Waals surface area (Å²) in [6.45, 7) is 2.04. The van der Waals surface area contributed by atoms with Crippen molar-refractivity contribution in [2.75, 3.05) is 0 Å². The van der Waals surface area contributed by atoms with Crippen molar-refractivity contribution in [3.63, 3.8) is 0 Å². The number of hydrogen-bond acceptors (Lipinski definition) is 1. The zero-order valence-corrected chi connectivity index (χ0v) is 8.92. The Labute approximate surface area is 88.6 Å². The van der Waals surface area contributed by atoms with Crippen LogP contribution in [0.25, 0.3) is 10.8 Å². The van der Waals surface area contributed by atoms with Crippen LogP contribution >= 0.6 is 11.8 Å². The second-order valence-corrected chi connectivity index (χ2v) is 4.01. The largest absolute Gasteiger partial charge is 0.0978 e. The van der Waals surface area contributed by atoms with Crippen molar-refractivity contribution in [3.8, 4) is 0 Å². The molecule has 0 bridgehead atoms. The highest BCUT2D eigenvalue weighted by molar-refractivity contribution is 8.02. The van der Waals surface area contributed by atoms with Gasteiger partial charge in [0.15, 0.2) is 0 Å². The van der Waals surface area contributed by atoms with E-state index in [2.05, 4.69) is 53.9 Å². The molecule has 2 rings (SSSR count). The third-order valence-electron chi connectivity index (χ3n) is 2.08. The van der Waals surface area contributed by atoms with E-state index in [0.717, 1.165) is 0 Å². The van der Waals surface area contributed by atoms with E-state index in [4.69, 9.17) is 0 Å². The predicted octanol–water partition coefficient (Wildman–Crippen LogP) is 4.47. The summed E-state index contributed by atoms with van der Waals surface area (Å²) in [6, 6.07) is 14.9. The molecule has 70 valence electrons. The molecule has 0 saturated heterocycles.